The van der Waals surface area contributed by atoms with Gasteiger partial charge in [-0.3, -0.25) is 14.6 Å². The molecular weight excluding hydrogens is 402 g/mol. The minimum absolute atomic E-state index is 0.000819. The molecule has 0 radical (unpaired) electrons. The molecule has 1 unspecified atom stereocenters. The van der Waals surface area contributed by atoms with Crippen LogP contribution in [0.5, 0.6) is 0 Å². The number of hydrogen-bond acceptors (Lipinski definition) is 4. The number of piperidine rings is 1. The van der Waals surface area contributed by atoms with Gasteiger partial charge in [-0.1, -0.05) is 11.6 Å². The van der Waals surface area contributed by atoms with Crippen LogP contribution in [0.15, 0.2) is 36.7 Å². The molecule has 3 aromatic rings. The van der Waals surface area contributed by atoms with Crippen molar-refractivity contribution in [1.29, 1.82) is 0 Å². The maximum Gasteiger partial charge on any atom is 0.238 e. The second-order valence-electron chi connectivity index (χ2n) is 8.39. The van der Waals surface area contributed by atoms with Crippen molar-refractivity contribution < 1.29 is 9.59 Å². The molecule has 1 aliphatic carbocycles. The first-order valence-electron chi connectivity index (χ1n) is 10.3. The fourth-order valence-corrected chi connectivity index (χ4v) is 5.19. The molecule has 4 heterocycles. The van der Waals surface area contributed by atoms with Gasteiger partial charge in [-0.15, -0.1) is 0 Å². The van der Waals surface area contributed by atoms with Crippen molar-refractivity contribution in [3.05, 3.63) is 53.1 Å². The quantitative estimate of drug-likeness (QED) is 0.704. The van der Waals surface area contributed by atoms with Gasteiger partial charge in [0, 0.05) is 30.2 Å². The first-order valence-corrected chi connectivity index (χ1v) is 10.6. The zero-order valence-electron chi connectivity index (χ0n) is 16.3. The Balaban J connectivity index is 1.46. The van der Waals surface area contributed by atoms with Crippen LogP contribution in [0.2, 0.25) is 5.02 Å². The number of carbonyl (C=O) groups excluding carboxylic acids is 2. The maximum absolute atomic E-state index is 13.3. The Morgan fingerprint density at radius 1 is 1.23 bits per heavy atom. The third-order valence-corrected chi connectivity index (χ3v) is 6.86. The van der Waals surface area contributed by atoms with E-state index in [0.717, 1.165) is 47.4 Å². The van der Waals surface area contributed by atoms with Gasteiger partial charge in [0.15, 0.2) is 0 Å². The average Bonchev–Trinajstić information content (AvgIpc) is 3.42. The van der Waals surface area contributed by atoms with Crippen LogP contribution in [0.3, 0.4) is 0 Å². The number of anilines is 1. The van der Waals surface area contributed by atoms with Crippen molar-refractivity contribution in [2.45, 2.75) is 43.7 Å². The van der Waals surface area contributed by atoms with Gasteiger partial charge in [0.25, 0.3) is 0 Å². The number of nitrogens with zero attached hydrogens (tertiary/aromatic N) is 4. The highest BCUT2D eigenvalue weighted by Gasteiger charge is 2.59. The van der Waals surface area contributed by atoms with E-state index < -0.39 is 0 Å². The molecule has 1 aromatic carbocycles. The summed E-state index contributed by atoms with van der Waals surface area (Å²) in [5.41, 5.74) is 3.29. The number of nitrogens with one attached hydrogen (secondary N) is 1. The summed E-state index contributed by atoms with van der Waals surface area (Å²) < 4.78 is 2.13. The van der Waals surface area contributed by atoms with Crippen LogP contribution in [0.25, 0.3) is 11.0 Å². The summed E-state index contributed by atoms with van der Waals surface area (Å²) in [6, 6.07) is 7.59. The molecule has 1 saturated carbocycles. The Hall–Kier alpha value is -2.93. The molecule has 2 fully saturated rings. The predicted molar refractivity (Wildman–Crippen MR) is 112 cm³/mol. The molecule has 0 bridgehead atoms. The highest BCUT2D eigenvalue weighted by Crippen LogP contribution is 2.57. The summed E-state index contributed by atoms with van der Waals surface area (Å²) in [4.78, 5) is 36.3. The average molecular weight is 422 g/mol. The Morgan fingerprint density at radius 3 is 2.90 bits per heavy atom. The van der Waals surface area contributed by atoms with Crippen LogP contribution in [0, 0.1) is 0 Å². The summed E-state index contributed by atoms with van der Waals surface area (Å²) in [6.07, 6.45) is 6.52. The summed E-state index contributed by atoms with van der Waals surface area (Å²) >= 11 is 6.21. The lowest BCUT2D eigenvalue weighted by atomic mass is 9.99. The molecule has 2 aromatic heterocycles. The summed E-state index contributed by atoms with van der Waals surface area (Å²) in [5, 5.41) is 3.51. The standard InChI is InChI=1S/C22H20ClN5O2/c23-13-1-2-17-16(9-13)26-19(28(17)14-3-8-25-20(29)10-14)12-27-18-11-24-7-4-15(18)22(5-6-22)21(27)30/h1-2,4,7,9,11,14H,3,5-6,8,10,12H2,(H,25,29). The highest BCUT2D eigenvalue weighted by atomic mass is 35.5. The molecule has 1 atom stereocenters. The van der Waals surface area contributed by atoms with E-state index >= 15 is 0 Å². The largest absolute Gasteiger partial charge is 0.356 e. The Labute approximate surface area is 178 Å². The maximum atomic E-state index is 13.3. The van der Waals surface area contributed by atoms with Gasteiger partial charge in [-0.05, 0) is 49.1 Å². The predicted octanol–water partition coefficient (Wildman–Crippen LogP) is 3.11. The van der Waals surface area contributed by atoms with E-state index in [1.807, 2.05) is 29.2 Å². The number of benzene rings is 1. The molecule has 2 amide bonds. The van der Waals surface area contributed by atoms with Gasteiger partial charge in [0.05, 0.1) is 34.9 Å². The van der Waals surface area contributed by atoms with Crippen LogP contribution in [-0.2, 0) is 21.5 Å². The van der Waals surface area contributed by atoms with Gasteiger partial charge in [-0.2, -0.15) is 0 Å². The van der Waals surface area contributed by atoms with Crippen molar-refractivity contribution in [2.24, 2.45) is 0 Å². The molecule has 8 heteroatoms. The number of aromatic nitrogens is 3. The lowest BCUT2D eigenvalue weighted by molar-refractivity contribution is -0.123. The minimum Gasteiger partial charge on any atom is -0.356 e. The third-order valence-electron chi connectivity index (χ3n) is 6.62. The van der Waals surface area contributed by atoms with Crippen molar-refractivity contribution in [2.75, 3.05) is 11.4 Å². The van der Waals surface area contributed by atoms with Gasteiger partial charge < -0.3 is 14.8 Å². The normalized spacial score (nSPS) is 21.9. The summed E-state index contributed by atoms with van der Waals surface area (Å²) in [7, 11) is 0. The van der Waals surface area contributed by atoms with Crippen molar-refractivity contribution in [1.82, 2.24) is 19.9 Å². The van der Waals surface area contributed by atoms with Crippen molar-refractivity contribution in [3.63, 3.8) is 0 Å². The van der Waals surface area contributed by atoms with Gasteiger partial charge in [0.1, 0.15) is 5.82 Å². The Bertz CT molecular complexity index is 1220. The first kappa shape index (κ1) is 17.9. The monoisotopic (exact) mass is 421 g/mol. The second kappa shape index (κ2) is 6.28. The Morgan fingerprint density at radius 2 is 2.10 bits per heavy atom. The molecule has 1 saturated heterocycles. The highest BCUT2D eigenvalue weighted by molar-refractivity contribution is 6.31. The van der Waals surface area contributed by atoms with Crippen LogP contribution < -0.4 is 10.2 Å². The van der Waals surface area contributed by atoms with E-state index in [9.17, 15) is 9.59 Å². The van der Waals surface area contributed by atoms with Crippen LogP contribution >= 0.6 is 11.6 Å². The lowest BCUT2D eigenvalue weighted by Gasteiger charge is -2.27. The van der Waals surface area contributed by atoms with E-state index in [1.54, 1.807) is 12.4 Å². The number of pyridine rings is 1. The number of fused-ring (bicyclic) bond motifs is 3. The van der Waals surface area contributed by atoms with Crippen molar-refractivity contribution >= 4 is 40.1 Å². The van der Waals surface area contributed by atoms with Gasteiger partial charge in [0.2, 0.25) is 11.8 Å². The molecular formula is C22H20ClN5O2. The molecule has 3 aliphatic rings. The molecule has 1 N–H and O–H groups in total. The van der Waals surface area contributed by atoms with Gasteiger partial charge in [-0.25, -0.2) is 4.98 Å². The van der Waals surface area contributed by atoms with E-state index in [0.29, 0.717) is 24.5 Å². The fourth-order valence-electron chi connectivity index (χ4n) is 5.02. The van der Waals surface area contributed by atoms with Crippen LogP contribution in [0.4, 0.5) is 5.69 Å². The molecule has 30 heavy (non-hydrogen) atoms. The Kier molecular flexibility index (Phi) is 3.75. The SMILES string of the molecule is O=C1CC(n2c(CN3C(=O)C4(CC4)c4ccncc43)nc3cc(Cl)ccc32)CCN1. The van der Waals surface area contributed by atoms with E-state index in [2.05, 4.69) is 14.9 Å². The van der Waals surface area contributed by atoms with Gasteiger partial charge >= 0.3 is 0 Å². The number of rotatable bonds is 3. The molecule has 6 rings (SSSR count). The van der Waals surface area contributed by atoms with E-state index in [4.69, 9.17) is 16.6 Å². The zero-order valence-corrected chi connectivity index (χ0v) is 17.0. The van der Waals surface area contributed by atoms with E-state index in [1.165, 1.54) is 0 Å². The molecule has 152 valence electrons. The van der Waals surface area contributed by atoms with Crippen LogP contribution in [0.1, 0.15) is 43.1 Å². The van der Waals surface area contributed by atoms with Crippen molar-refractivity contribution in [3.8, 4) is 0 Å². The minimum atomic E-state index is -0.372. The number of hydrogen-bond donors (Lipinski definition) is 1. The number of carbonyl (C=O) groups is 2. The lowest BCUT2D eigenvalue weighted by Crippen LogP contribution is -2.36. The number of halogens is 1. The smallest absolute Gasteiger partial charge is 0.238 e. The zero-order chi connectivity index (χ0) is 20.5. The molecule has 7 nitrogen and oxygen atoms in total. The van der Waals surface area contributed by atoms with Crippen LogP contribution in [-0.4, -0.2) is 32.9 Å². The first-order chi connectivity index (χ1) is 14.6. The fraction of sp³-hybridized carbons (Fsp3) is 0.364. The summed E-state index contributed by atoms with van der Waals surface area (Å²) in [6.45, 7) is 0.985. The molecule has 1 spiro atoms. The molecule has 2 aliphatic heterocycles. The number of amides is 2. The number of imidazole rings is 1. The third kappa shape index (κ3) is 2.51. The topological polar surface area (TPSA) is 80.1 Å². The van der Waals surface area contributed by atoms with E-state index in [-0.39, 0.29) is 23.3 Å². The second-order valence-corrected chi connectivity index (χ2v) is 8.83. The summed E-state index contributed by atoms with van der Waals surface area (Å²) in [5.74, 6) is 0.938.